The van der Waals surface area contributed by atoms with E-state index in [4.69, 9.17) is 4.98 Å². The second-order valence-electron chi connectivity index (χ2n) is 7.27. The Morgan fingerprint density at radius 3 is 2.77 bits per heavy atom. The number of hydrogen-bond donors (Lipinski definition) is 0. The molecule has 136 valence electrons. The van der Waals surface area contributed by atoms with Crippen LogP contribution in [0.15, 0.2) is 22.4 Å². The zero-order valence-corrected chi connectivity index (χ0v) is 18.4. The van der Waals surface area contributed by atoms with Gasteiger partial charge in [-0.1, -0.05) is 48.1 Å². The van der Waals surface area contributed by atoms with Crippen LogP contribution in [0.25, 0.3) is 20.4 Å². The standard InChI is InChI=1S/C20H22BrN3S2/c1-11(2)8-15-13-6-4-5-7-14(13)16-17-18(26-19(16)24-15)20(23-10-22-17)25-9-12(3)21/h10-11H,3-9H2,1-2H3. The summed E-state index contributed by atoms with van der Waals surface area (Å²) in [7, 11) is 0. The van der Waals surface area contributed by atoms with Crippen LogP contribution in [0.4, 0.5) is 0 Å². The maximum atomic E-state index is 5.12. The van der Waals surface area contributed by atoms with Gasteiger partial charge in [0.25, 0.3) is 0 Å². The second-order valence-corrected chi connectivity index (χ2v) is 10.3. The first-order valence-electron chi connectivity index (χ1n) is 9.08. The Morgan fingerprint density at radius 1 is 1.27 bits per heavy atom. The molecule has 0 bridgehead atoms. The number of thioether (sulfide) groups is 1. The minimum absolute atomic E-state index is 0.621. The molecule has 0 unspecified atom stereocenters. The van der Waals surface area contributed by atoms with Gasteiger partial charge in [0.2, 0.25) is 0 Å². The molecule has 0 saturated carbocycles. The molecule has 3 aromatic rings. The van der Waals surface area contributed by atoms with Crippen LogP contribution in [0, 0.1) is 5.92 Å². The summed E-state index contributed by atoms with van der Waals surface area (Å²) in [5.74, 6) is 1.43. The van der Waals surface area contributed by atoms with E-state index in [2.05, 4.69) is 46.3 Å². The lowest BCUT2D eigenvalue weighted by atomic mass is 9.87. The Hall–Kier alpha value is -0.980. The fourth-order valence-corrected chi connectivity index (χ4v) is 6.07. The summed E-state index contributed by atoms with van der Waals surface area (Å²) in [6.07, 6.45) is 7.61. The smallest absolute Gasteiger partial charge is 0.126 e. The average Bonchev–Trinajstić information content (AvgIpc) is 2.98. The van der Waals surface area contributed by atoms with Crippen molar-refractivity contribution in [1.29, 1.82) is 0 Å². The molecular weight excluding hydrogens is 426 g/mol. The van der Waals surface area contributed by atoms with Crippen molar-refractivity contribution < 1.29 is 0 Å². The lowest BCUT2D eigenvalue weighted by Gasteiger charge is -2.20. The predicted molar refractivity (Wildman–Crippen MR) is 117 cm³/mol. The van der Waals surface area contributed by atoms with Crippen molar-refractivity contribution in [1.82, 2.24) is 15.0 Å². The monoisotopic (exact) mass is 447 g/mol. The third-order valence-electron chi connectivity index (χ3n) is 4.74. The fourth-order valence-electron chi connectivity index (χ4n) is 3.72. The maximum Gasteiger partial charge on any atom is 0.126 e. The maximum absolute atomic E-state index is 5.12. The van der Waals surface area contributed by atoms with Crippen LogP contribution >= 0.6 is 39.0 Å². The van der Waals surface area contributed by atoms with Crippen molar-refractivity contribution in [3.63, 3.8) is 0 Å². The minimum Gasteiger partial charge on any atom is -0.242 e. The van der Waals surface area contributed by atoms with Crippen LogP contribution in [0.5, 0.6) is 0 Å². The van der Waals surface area contributed by atoms with Gasteiger partial charge in [-0.25, -0.2) is 15.0 Å². The predicted octanol–water partition coefficient (Wildman–Crippen LogP) is 6.32. The highest BCUT2D eigenvalue weighted by Crippen LogP contribution is 2.41. The van der Waals surface area contributed by atoms with Crippen LogP contribution in [0.1, 0.15) is 43.5 Å². The zero-order chi connectivity index (χ0) is 18.3. The lowest BCUT2D eigenvalue weighted by Crippen LogP contribution is -2.11. The molecule has 0 fully saturated rings. The largest absolute Gasteiger partial charge is 0.242 e. The molecule has 0 spiro atoms. The van der Waals surface area contributed by atoms with Gasteiger partial charge in [-0.3, -0.25) is 0 Å². The highest BCUT2D eigenvalue weighted by molar-refractivity contribution is 9.11. The third kappa shape index (κ3) is 3.43. The molecular formula is C20H22BrN3S2. The Bertz CT molecular complexity index is 994. The van der Waals surface area contributed by atoms with Gasteiger partial charge in [-0.15, -0.1) is 11.3 Å². The zero-order valence-electron chi connectivity index (χ0n) is 15.1. The van der Waals surface area contributed by atoms with E-state index in [0.717, 1.165) is 44.9 Å². The normalized spacial score (nSPS) is 14.3. The quantitative estimate of drug-likeness (QED) is 0.338. The second kappa shape index (κ2) is 7.56. The van der Waals surface area contributed by atoms with Crippen molar-refractivity contribution in [3.8, 4) is 0 Å². The van der Waals surface area contributed by atoms with E-state index >= 15 is 0 Å². The summed E-state index contributed by atoms with van der Waals surface area (Å²) in [6, 6.07) is 0. The van der Waals surface area contributed by atoms with E-state index in [1.807, 2.05) is 0 Å². The topological polar surface area (TPSA) is 38.7 Å². The fraction of sp³-hybridized carbons (Fsp3) is 0.450. The van der Waals surface area contributed by atoms with E-state index in [9.17, 15) is 0 Å². The van der Waals surface area contributed by atoms with Crippen molar-refractivity contribution >= 4 is 59.5 Å². The molecule has 0 N–H and O–H groups in total. The summed E-state index contributed by atoms with van der Waals surface area (Å²) >= 11 is 6.91. The average molecular weight is 448 g/mol. The summed E-state index contributed by atoms with van der Waals surface area (Å²) in [6.45, 7) is 8.49. The molecule has 6 heteroatoms. The van der Waals surface area contributed by atoms with Crippen LogP contribution in [0.3, 0.4) is 0 Å². The third-order valence-corrected chi connectivity index (χ3v) is 7.68. The molecule has 0 radical (unpaired) electrons. The van der Waals surface area contributed by atoms with E-state index < -0.39 is 0 Å². The summed E-state index contributed by atoms with van der Waals surface area (Å²) < 4.78 is 2.15. The van der Waals surface area contributed by atoms with Crippen LogP contribution in [-0.2, 0) is 19.3 Å². The van der Waals surface area contributed by atoms with Crippen LogP contribution in [-0.4, -0.2) is 20.7 Å². The van der Waals surface area contributed by atoms with Gasteiger partial charge in [0.1, 0.15) is 16.2 Å². The summed E-state index contributed by atoms with van der Waals surface area (Å²) in [5, 5.41) is 2.32. The van der Waals surface area contributed by atoms with Gasteiger partial charge in [0.15, 0.2) is 0 Å². The van der Waals surface area contributed by atoms with Crippen LogP contribution in [0.2, 0.25) is 0 Å². The molecule has 0 atom stereocenters. The summed E-state index contributed by atoms with van der Waals surface area (Å²) in [4.78, 5) is 15.4. The number of hydrogen-bond acceptors (Lipinski definition) is 5. The van der Waals surface area contributed by atoms with Crippen molar-refractivity contribution in [2.24, 2.45) is 5.92 Å². The van der Waals surface area contributed by atoms with Crippen molar-refractivity contribution in [3.05, 3.63) is 34.2 Å². The highest BCUT2D eigenvalue weighted by atomic mass is 79.9. The van der Waals surface area contributed by atoms with E-state index in [0.29, 0.717) is 5.92 Å². The number of aryl methyl sites for hydroxylation is 1. The number of rotatable bonds is 5. The van der Waals surface area contributed by atoms with Gasteiger partial charge in [0, 0.05) is 16.8 Å². The Labute approximate surface area is 170 Å². The van der Waals surface area contributed by atoms with Crippen molar-refractivity contribution in [2.75, 3.05) is 5.75 Å². The van der Waals surface area contributed by atoms with E-state index in [1.54, 1.807) is 29.4 Å². The first kappa shape index (κ1) is 18.4. The number of fused-ring (bicyclic) bond motifs is 5. The Morgan fingerprint density at radius 2 is 2.04 bits per heavy atom. The highest BCUT2D eigenvalue weighted by Gasteiger charge is 2.23. The van der Waals surface area contributed by atoms with Crippen LogP contribution < -0.4 is 0 Å². The molecule has 0 amide bonds. The molecule has 4 rings (SSSR count). The number of halogens is 1. The molecule has 0 saturated heterocycles. The molecule has 3 heterocycles. The molecule has 3 aromatic heterocycles. The number of nitrogens with zero attached hydrogens (tertiary/aromatic N) is 3. The lowest BCUT2D eigenvalue weighted by molar-refractivity contribution is 0.615. The SMILES string of the molecule is C=C(Br)CSc1ncnc2c1sc1nc(CC(C)C)c3c(c12)CCCC3. The van der Waals surface area contributed by atoms with E-state index in [1.165, 1.54) is 39.7 Å². The molecule has 26 heavy (non-hydrogen) atoms. The van der Waals surface area contributed by atoms with Gasteiger partial charge in [0.05, 0.1) is 10.2 Å². The molecule has 1 aliphatic rings. The molecule has 1 aliphatic carbocycles. The Kier molecular flexibility index (Phi) is 5.35. The number of aromatic nitrogens is 3. The first-order valence-corrected chi connectivity index (χ1v) is 11.7. The number of thiophene rings is 1. The minimum atomic E-state index is 0.621. The number of pyridine rings is 1. The first-order chi connectivity index (χ1) is 12.5. The van der Waals surface area contributed by atoms with Gasteiger partial charge in [-0.05, 0) is 53.6 Å². The van der Waals surface area contributed by atoms with Gasteiger partial charge >= 0.3 is 0 Å². The van der Waals surface area contributed by atoms with E-state index in [-0.39, 0.29) is 0 Å². The van der Waals surface area contributed by atoms with Gasteiger partial charge < -0.3 is 0 Å². The van der Waals surface area contributed by atoms with Gasteiger partial charge in [-0.2, -0.15) is 0 Å². The summed E-state index contributed by atoms with van der Waals surface area (Å²) in [5.41, 5.74) is 5.40. The van der Waals surface area contributed by atoms with Crippen molar-refractivity contribution in [2.45, 2.75) is 51.0 Å². The molecule has 0 aromatic carbocycles. The molecule has 3 nitrogen and oxygen atoms in total. The molecule has 0 aliphatic heterocycles. The Balaban J connectivity index is 1.94.